The molecule has 0 amide bonds. The quantitative estimate of drug-likeness (QED) is 0.612. The van der Waals surface area contributed by atoms with Crippen molar-refractivity contribution in [3.63, 3.8) is 0 Å². The second-order valence-electron chi connectivity index (χ2n) is 2.83. The number of hydrogen-bond acceptors (Lipinski definition) is 1. The minimum Gasteiger partial charge on any atom is -0.468 e. The third kappa shape index (κ3) is 0.948. The molecule has 1 N–H and O–H groups in total. The van der Waals surface area contributed by atoms with Gasteiger partial charge in [-0.05, 0) is 30.9 Å². The molecule has 1 fully saturated rings. The molecule has 1 aromatic heterocycles. The van der Waals surface area contributed by atoms with Crippen LogP contribution in [0.25, 0.3) is 0 Å². The van der Waals surface area contributed by atoms with E-state index in [4.69, 9.17) is 10.2 Å². The van der Waals surface area contributed by atoms with Crippen molar-refractivity contribution in [3.8, 4) is 0 Å². The van der Waals surface area contributed by atoms with Gasteiger partial charge < -0.3 is 4.42 Å². The summed E-state index contributed by atoms with van der Waals surface area (Å²) in [6.07, 6.45) is 4.04. The van der Waals surface area contributed by atoms with Gasteiger partial charge in [-0.1, -0.05) is 0 Å². The molecule has 1 radical (unpaired) electrons. The lowest BCUT2D eigenvalue weighted by atomic mass is 10.1. The lowest BCUT2D eigenvalue weighted by molar-refractivity contribution is 0.435. The first-order chi connectivity index (χ1) is 4.88. The van der Waals surface area contributed by atoms with Gasteiger partial charge >= 0.3 is 0 Å². The molecule has 1 heterocycles. The van der Waals surface area contributed by atoms with Crippen molar-refractivity contribution in [1.29, 1.82) is 0 Å². The Bertz CT molecular complexity index is 201. The topological polar surface area (TPSA) is 36.9 Å². The van der Waals surface area contributed by atoms with Gasteiger partial charge in [-0.2, -0.15) is 0 Å². The van der Waals surface area contributed by atoms with Crippen LogP contribution in [0, 0.1) is 5.92 Å². The molecule has 10 heavy (non-hydrogen) atoms. The second-order valence-corrected chi connectivity index (χ2v) is 2.83. The molecule has 0 bridgehead atoms. The first kappa shape index (κ1) is 5.98. The number of furan rings is 1. The van der Waals surface area contributed by atoms with Crippen molar-refractivity contribution in [1.82, 2.24) is 5.73 Å². The van der Waals surface area contributed by atoms with E-state index < -0.39 is 0 Å². The highest BCUT2D eigenvalue weighted by molar-refractivity contribution is 5.07. The van der Waals surface area contributed by atoms with Gasteiger partial charge in [0.1, 0.15) is 5.76 Å². The SMILES string of the molecule is [NH][C@@H](c1ccco1)C1CC1. The van der Waals surface area contributed by atoms with Gasteiger partial charge in [0.25, 0.3) is 0 Å². The summed E-state index contributed by atoms with van der Waals surface area (Å²) in [6, 6.07) is 3.63. The Labute approximate surface area is 60.0 Å². The predicted octanol–water partition coefficient (Wildman–Crippen LogP) is 2.01. The molecule has 1 aliphatic rings. The number of nitrogens with one attached hydrogen (secondary N) is 1. The fourth-order valence-electron chi connectivity index (χ4n) is 1.13. The van der Waals surface area contributed by atoms with Crippen molar-refractivity contribution in [3.05, 3.63) is 24.2 Å². The highest BCUT2D eigenvalue weighted by Gasteiger charge is 2.31. The van der Waals surface area contributed by atoms with Crippen LogP contribution in [0.4, 0.5) is 0 Å². The van der Waals surface area contributed by atoms with E-state index >= 15 is 0 Å². The van der Waals surface area contributed by atoms with Gasteiger partial charge in [0.15, 0.2) is 0 Å². The van der Waals surface area contributed by atoms with Crippen LogP contribution >= 0.6 is 0 Å². The molecule has 1 aromatic rings. The Hall–Kier alpha value is -0.760. The highest BCUT2D eigenvalue weighted by Crippen LogP contribution is 2.40. The van der Waals surface area contributed by atoms with E-state index in [-0.39, 0.29) is 6.04 Å². The maximum atomic E-state index is 7.65. The van der Waals surface area contributed by atoms with Crippen molar-refractivity contribution in [2.45, 2.75) is 18.9 Å². The summed E-state index contributed by atoms with van der Waals surface area (Å²) in [6.45, 7) is 0. The Morgan fingerprint density at radius 3 is 2.90 bits per heavy atom. The molecule has 2 nitrogen and oxygen atoms in total. The molecule has 0 saturated heterocycles. The van der Waals surface area contributed by atoms with Gasteiger partial charge in [-0.3, -0.25) is 0 Å². The zero-order chi connectivity index (χ0) is 6.97. The maximum absolute atomic E-state index is 7.65. The Balaban J connectivity index is 2.11. The molecule has 1 atom stereocenters. The fraction of sp³-hybridized carbons (Fsp3) is 0.500. The van der Waals surface area contributed by atoms with Crippen LogP contribution in [0.5, 0.6) is 0 Å². The largest absolute Gasteiger partial charge is 0.468 e. The highest BCUT2D eigenvalue weighted by atomic mass is 16.3. The smallest absolute Gasteiger partial charge is 0.122 e. The molecule has 1 saturated carbocycles. The average molecular weight is 136 g/mol. The third-order valence-electron chi connectivity index (χ3n) is 1.94. The van der Waals surface area contributed by atoms with Crippen LogP contribution in [-0.2, 0) is 0 Å². The fourth-order valence-corrected chi connectivity index (χ4v) is 1.13. The van der Waals surface area contributed by atoms with E-state index in [1.165, 1.54) is 12.8 Å². The van der Waals surface area contributed by atoms with E-state index in [1.807, 2.05) is 12.1 Å². The van der Waals surface area contributed by atoms with Crippen LogP contribution < -0.4 is 5.73 Å². The molecule has 0 aromatic carbocycles. The summed E-state index contributed by atoms with van der Waals surface area (Å²) >= 11 is 0. The predicted molar refractivity (Wildman–Crippen MR) is 37.3 cm³/mol. The molecule has 2 heteroatoms. The first-order valence-corrected chi connectivity index (χ1v) is 3.62. The third-order valence-corrected chi connectivity index (χ3v) is 1.94. The Morgan fingerprint density at radius 2 is 2.40 bits per heavy atom. The van der Waals surface area contributed by atoms with Gasteiger partial charge in [0.05, 0.1) is 12.3 Å². The minimum absolute atomic E-state index is 0.102. The minimum atomic E-state index is -0.102. The van der Waals surface area contributed by atoms with Crippen LogP contribution in [0.3, 0.4) is 0 Å². The molecule has 0 spiro atoms. The normalized spacial score (nSPS) is 20.9. The molecule has 0 unspecified atom stereocenters. The Morgan fingerprint density at radius 1 is 1.60 bits per heavy atom. The molecule has 53 valence electrons. The van der Waals surface area contributed by atoms with Gasteiger partial charge in [-0.15, -0.1) is 0 Å². The number of hydrogen-bond donors (Lipinski definition) is 0. The zero-order valence-electron chi connectivity index (χ0n) is 5.71. The van der Waals surface area contributed by atoms with Crippen molar-refractivity contribution in [2.75, 3.05) is 0 Å². The standard InChI is InChI=1S/C8H10NO/c9-8(6-3-4-6)7-2-1-5-10-7/h1-2,5-6,8-9H,3-4H2/t8-/m1/s1. The summed E-state index contributed by atoms with van der Waals surface area (Å²) < 4.78 is 5.11. The van der Waals surface area contributed by atoms with Crippen molar-refractivity contribution < 1.29 is 4.42 Å². The number of rotatable bonds is 2. The van der Waals surface area contributed by atoms with Crippen molar-refractivity contribution in [2.24, 2.45) is 5.92 Å². The van der Waals surface area contributed by atoms with Gasteiger partial charge in [0.2, 0.25) is 0 Å². The molecule has 0 aliphatic heterocycles. The molecule has 2 rings (SSSR count). The molecule has 1 aliphatic carbocycles. The van der Waals surface area contributed by atoms with Crippen LogP contribution in [-0.4, -0.2) is 0 Å². The van der Waals surface area contributed by atoms with E-state index in [2.05, 4.69) is 0 Å². The van der Waals surface area contributed by atoms with Gasteiger partial charge in [0, 0.05) is 0 Å². The summed E-state index contributed by atoms with van der Waals surface area (Å²) in [5, 5.41) is 0. The lowest BCUT2D eigenvalue weighted by Gasteiger charge is -2.02. The summed E-state index contributed by atoms with van der Waals surface area (Å²) in [5.74, 6) is 1.40. The summed E-state index contributed by atoms with van der Waals surface area (Å²) in [4.78, 5) is 0. The van der Waals surface area contributed by atoms with Gasteiger partial charge in [-0.25, -0.2) is 5.73 Å². The van der Waals surface area contributed by atoms with E-state index in [0.29, 0.717) is 5.92 Å². The van der Waals surface area contributed by atoms with Crippen LogP contribution in [0.15, 0.2) is 22.8 Å². The molecular weight excluding hydrogens is 126 g/mol. The van der Waals surface area contributed by atoms with Crippen LogP contribution in [0.2, 0.25) is 0 Å². The second kappa shape index (κ2) is 2.13. The lowest BCUT2D eigenvalue weighted by Crippen LogP contribution is -1.99. The van der Waals surface area contributed by atoms with E-state index in [0.717, 1.165) is 5.76 Å². The molecular formula is C8H10NO. The Kier molecular flexibility index (Phi) is 1.27. The van der Waals surface area contributed by atoms with E-state index in [9.17, 15) is 0 Å². The zero-order valence-corrected chi connectivity index (χ0v) is 5.71. The maximum Gasteiger partial charge on any atom is 0.122 e. The first-order valence-electron chi connectivity index (χ1n) is 3.62. The van der Waals surface area contributed by atoms with Crippen molar-refractivity contribution >= 4 is 0 Å². The average Bonchev–Trinajstić information content (AvgIpc) is 2.65. The summed E-state index contributed by atoms with van der Waals surface area (Å²) in [7, 11) is 0. The van der Waals surface area contributed by atoms with E-state index in [1.54, 1.807) is 6.26 Å². The monoisotopic (exact) mass is 136 g/mol. The van der Waals surface area contributed by atoms with Crippen LogP contribution in [0.1, 0.15) is 24.6 Å². The summed E-state index contributed by atoms with van der Waals surface area (Å²) in [5.41, 5.74) is 7.65.